The van der Waals surface area contributed by atoms with Crippen LogP contribution in [0.4, 0.5) is 11.6 Å². The van der Waals surface area contributed by atoms with Gasteiger partial charge >= 0.3 is 0 Å². The maximum atomic E-state index is 4.43. The Morgan fingerprint density at radius 1 is 1.17 bits per heavy atom. The molecule has 2 aliphatic heterocycles. The summed E-state index contributed by atoms with van der Waals surface area (Å²) < 4.78 is 0. The van der Waals surface area contributed by atoms with E-state index in [0.29, 0.717) is 6.04 Å². The third-order valence-corrected chi connectivity index (χ3v) is 4.95. The molecule has 1 N–H and O–H groups in total. The zero-order valence-electron chi connectivity index (χ0n) is 14.8. The van der Waals surface area contributed by atoms with E-state index in [0.717, 1.165) is 43.1 Å². The lowest BCUT2D eigenvalue weighted by molar-refractivity contribution is 0.138. The zero-order valence-corrected chi connectivity index (χ0v) is 14.8. The topological polar surface area (TPSA) is 44.3 Å². The molecule has 23 heavy (non-hydrogen) atoms. The van der Waals surface area contributed by atoms with Crippen LogP contribution in [0, 0.1) is 11.8 Å². The second kappa shape index (κ2) is 7.47. The Balaban J connectivity index is 1.55. The molecule has 0 radical (unpaired) electrons. The highest BCUT2D eigenvalue weighted by Gasteiger charge is 2.23. The fraction of sp³-hybridized carbons (Fsp3) is 0.778. The molecular weight excluding hydrogens is 286 g/mol. The minimum Gasteiger partial charge on any atom is -0.366 e. The molecule has 1 aromatic rings. The summed E-state index contributed by atoms with van der Waals surface area (Å²) in [7, 11) is 0. The van der Waals surface area contributed by atoms with Crippen molar-refractivity contribution in [2.24, 2.45) is 11.8 Å². The van der Waals surface area contributed by atoms with Crippen LogP contribution in [0.15, 0.2) is 12.4 Å². The highest BCUT2D eigenvalue weighted by molar-refractivity contribution is 5.49. The molecule has 2 fully saturated rings. The van der Waals surface area contributed by atoms with Crippen molar-refractivity contribution in [2.45, 2.75) is 46.1 Å². The van der Waals surface area contributed by atoms with Crippen molar-refractivity contribution in [2.75, 3.05) is 42.9 Å². The standard InChI is InChI=1S/C18H31N5/c1-14-8-15(2)11-22(10-14)12-16(3)21-17-9-18(20-13-19-17)23-6-4-5-7-23/h9,13-16H,4-8,10-12H2,1-3H3,(H,19,20,21). The summed E-state index contributed by atoms with van der Waals surface area (Å²) in [4.78, 5) is 13.8. The minimum atomic E-state index is 0.397. The van der Waals surface area contributed by atoms with Gasteiger partial charge in [0.05, 0.1) is 0 Å². The van der Waals surface area contributed by atoms with E-state index in [1.54, 1.807) is 6.33 Å². The van der Waals surface area contributed by atoms with E-state index in [2.05, 4.69) is 51.9 Å². The SMILES string of the molecule is CC1CC(C)CN(CC(C)Nc2cc(N3CCCC3)ncn2)C1. The number of hydrogen-bond donors (Lipinski definition) is 1. The molecule has 0 spiro atoms. The number of piperidine rings is 1. The molecule has 3 atom stereocenters. The van der Waals surface area contributed by atoms with Crippen molar-refractivity contribution in [3.63, 3.8) is 0 Å². The van der Waals surface area contributed by atoms with Gasteiger partial charge in [-0.05, 0) is 38.0 Å². The maximum absolute atomic E-state index is 4.43. The first-order valence-electron chi connectivity index (χ1n) is 9.16. The number of nitrogens with one attached hydrogen (secondary N) is 1. The number of nitrogens with zero attached hydrogens (tertiary/aromatic N) is 4. The van der Waals surface area contributed by atoms with Crippen LogP contribution < -0.4 is 10.2 Å². The maximum Gasteiger partial charge on any atom is 0.134 e. The van der Waals surface area contributed by atoms with Gasteiger partial charge in [-0.1, -0.05) is 13.8 Å². The fourth-order valence-electron chi connectivity index (χ4n) is 4.17. The van der Waals surface area contributed by atoms with Gasteiger partial charge in [-0.3, -0.25) is 0 Å². The summed E-state index contributed by atoms with van der Waals surface area (Å²) in [6.07, 6.45) is 5.60. The molecule has 3 unspecified atom stereocenters. The van der Waals surface area contributed by atoms with Crippen LogP contribution in [0.25, 0.3) is 0 Å². The van der Waals surface area contributed by atoms with Gasteiger partial charge in [-0.2, -0.15) is 0 Å². The van der Waals surface area contributed by atoms with E-state index in [1.165, 1.54) is 32.4 Å². The van der Waals surface area contributed by atoms with Crippen LogP contribution in [0.1, 0.15) is 40.0 Å². The Labute approximate surface area is 140 Å². The van der Waals surface area contributed by atoms with Crippen molar-refractivity contribution in [1.29, 1.82) is 0 Å². The number of aromatic nitrogens is 2. The summed E-state index contributed by atoms with van der Waals surface area (Å²) in [6.45, 7) is 12.8. The van der Waals surface area contributed by atoms with Crippen LogP contribution in [0.5, 0.6) is 0 Å². The molecule has 2 aliphatic rings. The van der Waals surface area contributed by atoms with Crippen molar-refractivity contribution in [3.05, 3.63) is 12.4 Å². The number of anilines is 2. The van der Waals surface area contributed by atoms with Crippen LogP contribution in [-0.4, -0.2) is 53.6 Å². The molecular formula is C18H31N5. The van der Waals surface area contributed by atoms with Crippen molar-refractivity contribution >= 4 is 11.6 Å². The molecule has 0 saturated carbocycles. The Morgan fingerprint density at radius 2 is 1.87 bits per heavy atom. The molecule has 5 heteroatoms. The summed E-state index contributed by atoms with van der Waals surface area (Å²) in [5.74, 6) is 3.64. The van der Waals surface area contributed by atoms with Crippen molar-refractivity contribution in [1.82, 2.24) is 14.9 Å². The van der Waals surface area contributed by atoms with Gasteiger partial charge in [0.25, 0.3) is 0 Å². The van der Waals surface area contributed by atoms with E-state index in [4.69, 9.17) is 0 Å². The molecule has 128 valence electrons. The number of hydrogen-bond acceptors (Lipinski definition) is 5. The van der Waals surface area contributed by atoms with E-state index >= 15 is 0 Å². The lowest BCUT2D eigenvalue weighted by Crippen LogP contribution is -2.43. The smallest absolute Gasteiger partial charge is 0.134 e. The normalized spacial score (nSPS) is 27.2. The van der Waals surface area contributed by atoms with Gasteiger partial charge in [0.2, 0.25) is 0 Å². The quantitative estimate of drug-likeness (QED) is 0.904. The third kappa shape index (κ3) is 4.56. The third-order valence-electron chi connectivity index (χ3n) is 4.95. The molecule has 5 nitrogen and oxygen atoms in total. The Kier molecular flexibility index (Phi) is 5.36. The molecule has 3 rings (SSSR count). The molecule has 0 amide bonds. The average molecular weight is 317 g/mol. The first kappa shape index (κ1) is 16.5. The lowest BCUT2D eigenvalue weighted by Gasteiger charge is -2.36. The molecule has 1 aromatic heterocycles. The first-order valence-corrected chi connectivity index (χ1v) is 9.16. The van der Waals surface area contributed by atoms with Crippen LogP contribution >= 0.6 is 0 Å². The van der Waals surface area contributed by atoms with Crippen LogP contribution in [0.3, 0.4) is 0 Å². The van der Waals surface area contributed by atoms with E-state index in [-0.39, 0.29) is 0 Å². The highest BCUT2D eigenvalue weighted by Crippen LogP contribution is 2.22. The largest absolute Gasteiger partial charge is 0.366 e. The summed E-state index contributed by atoms with van der Waals surface area (Å²) in [5, 5.41) is 3.56. The summed E-state index contributed by atoms with van der Waals surface area (Å²) in [6, 6.07) is 2.50. The first-order chi connectivity index (χ1) is 11.1. The Bertz CT molecular complexity index is 490. The molecule has 0 aliphatic carbocycles. The molecule has 0 aromatic carbocycles. The predicted octanol–water partition coefficient (Wildman–Crippen LogP) is 2.86. The van der Waals surface area contributed by atoms with Crippen LogP contribution in [-0.2, 0) is 0 Å². The monoisotopic (exact) mass is 317 g/mol. The highest BCUT2D eigenvalue weighted by atomic mass is 15.2. The van der Waals surface area contributed by atoms with Crippen molar-refractivity contribution < 1.29 is 0 Å². The van der Waals surface area contributed by atoms with E-state index in [1.807, 2.05) is 0 Å². The van der Waals surface area contributed by atoms with Crippen LogP contribution in [0.2, 0.25) is 0 Å². The summed E-state index contributed by atoms with van der Waals surface area (Å²) >= 11 is 0. The average Bonchev–Trinajstić information content (AvgIpc) is 3.00. The molecule has 2 saturated heterocycles. The van der Waals surface area contributed by atoms with Gasteiger partial charge in [0, 0.05) is 44.8 Å². The molecule has 0 bridgehead atoms. The fourth-order valence-corrected chi connectivity index (χ4v) is 4.17. The summed E-state index contributed by atoms with van der Waals surface area (Å²) in [5.41, 5.74) is 0. The predicted molar refractivity (Wildman–Crippen MR) is 95.9 cm³/mol. The number of rotatable bonds is 5. The zero-order chi connectivity index (χ0) is 16.2. The van der Waals surface area contributed by atoms with Gasteiger partial charge in [-0.25, -0.2) is 9.97 Å². The Morgan fingerprint density at radius 3 is 2.57 bits per heavy atom. The minimum absolute atomic E-state index is 0.397. The second-order valence-electron chi connectivity index (χ2n) is 7.67. The second-order valence-corrected chi connectivity index (χ2v) is 7.67. The Hall–Kier alpha value is -1.36. The lowest BCUT2D eigenvalue weighted by atomic mass is 9.92. The number of likely N-dealkylation sites (tertiary alicyclic amines) is 1. The van der Waals surface area contributed by atoms with Gasteiger partial charge < -0.3 is 15.1 Å². The van der Waals surface area contributed by atoms with Crippen molar-refractivity contribution in [3.8, 4) is 0 Å². The molecule has 3 heterocycles. The van der Waals surface area contributed by atoms with E-state index in [9.17, 15) is 0 Å². The van der Waals surface area contributed by atoms with Gasteiger partial charge in [-0.15, -0.1) is 0 Å². The van der Waals surface area contributed by atoms with E-state index < -0.39 is 0 Å². The van der Waals surface area contributed by atoms with Gasteiger partial charge in [0.1, 0.15) is 18.0 Å². The van der Waals surface area contributed by atoms with Gasteiger partial charge in [0.15, 0.2) is 0 Å².